The van der Waals surface area contributed by atoms with Crippen LogP contribution in [0.2, 0.25) is 0 Å². The molecule has 0 radical (unpaired) electrons. The van der Waals surface area contributed by atoms with E-state index in [0.29, 0.717) is 30.8 Å². The summed E-state index contributed by atoms with van der Waals surface area (Å²) in [4.78, 5) is 21.5. The summed E-state index contributed by atoms with van der Waals surface area (Å²) in [7, 11) is 0. The minimum Gasteiger partial charge on any atom is -0.493 e. The Labute approximate surface area is 100 Å². The van der Waals surface area contributed by atoms with Crippen LogP contribution in [0, 0.1) is 0 Å². The Kier molecular flexibility index (Phi) is 4.98. The predicted octanol–water partition coefficient (Wildman–Crippen LogP) is 1.72. The highest BCUT2D eigenvalue weighted by Gasteiger charge is 2.02. The lowest BCUT2D eigenvalue weighted by Gasteiger charge is -2.05. The molecule has 1 aromatic carbocycles. The van der Waals surface area contributed by atoms with E-state index in [-0.39, 0.29) is 11.5 Å². The fraction of sp³-hybridized carbons (Fsp3) is 0.308. The van der Waals surface area contributed by atoms with Crippen molar-refractivity contribution in [1.29, 1.82) is 0 Å². The van der Waals surface area contributed by atoms with Crippen molar-refractivity contribution in [3.63, 3.8) is 0 Å². The number of benzene rings is 1. The van der Waals surface area contributed by atoms with Crippen LogP contribution in [0.5, 0.6) is 5.75 Å². The summed E-state index contributed by atoms with van der Waals surface area (Å²) in [6, 6.07) is 6.90. The predicted molar refractivity (Wildman–Crippen MR) is 64.6 cm³/mol. The minimum atomic E-state index is 0.102. The lowest BCUT2D eigenvalue weighted by molar-refractivity contribution is 0.0988. The molecule has 0 heterocycles. The first-order valence-corrected chi connectivity index (χ1v) is 5.43. The first-order chi connectivity index (χ1) is 8.17. The molecule has 0 unspecified atom stereocenters. The van der Waals surface area contributed by atoms with Crippen LogP contribution in [0.15, 0.2) is 30.0 Å². The Morgan fingerprint density at radius 2 is 2.00 bits per heavy atom. The van der Waals surface area contributed by atoms with Gasteiger partial charge in [-0.3, -0.25) is 4.79 Å². The van der Waals surface area contributed by atoms with E-state index in [4.69, 9.17) is 10.5 Å². The van der Waals surface area contributed by atoms with Gasteiger partial charge in [-0.1, -0.05) is 6.92 Å². The zero-order valence-electron chi connectivity index (χ0n) is 9.73. The van der Waals surface area contributed by atoms with E-state index < -0.39 is 0 Å². The lowest BCUT2D eigenvalue weighted by atomic mass is 10.1. The van der Waals surface area contributed by atoms with Gasteiger partial charge in [0.25, 0.3) is 0 Å². The number of carbonyl (C=O) groups is 1. The Morgan fingerprint density at radius 3 is 2.53 bits per heavy atom. The number of nitrogens with two attached hydrogens (primary N) is 1. The van der Waals surface area contributed by atoms with Gasteiger partial charge < -0.3 is 10.5 Å². The topological polar surface area (TPSA) is 69.4 Å². The number of Topliss-reactive ketones (excluding diaryl/α,β-unsaturated/α-hetero) is 1. The number of carbonyl (C=O) groups excluding carboxylic acids is 2. The number of hydrogen-bond donors (Lipinski definition) is 1. The fourth-order valence-corrected chi connectivity index (χ4v) is 1.27. The molecular formula is C13H15NO3. The monoisotopic (exact) mass is 233 g/mol. The van der Waals surface area contributed by atoms with E-state index in [1.165, 1.54) is 0 Å². The van der Waals surface area contributed by atoms with Gasteiger partial charge in [0.15, 0.2) is 5.78 Å². The van der Waals surface area contributed by atoms with Crippen LogP contribution in [0.3, 0.4) is 0 Å². The number of ether oxygens (including phenoxy) is 1. The van der Waals surface area contributed by atoms with Gasteiger partial charge in [0.1, 0.15) is 11.7 Å². The molecule has 0 saturated carbocycles. The van der Waals surface area contributed by atoms with Gasteiger partial charge in [-0.15, -0.1) is 0 Å². The molecule has 0 aliphatic rings. The van der Waals surface area contributed by atoms with Crippen LogP contribution in [0.1, 0.15) is 30.1 Å². The quantitative estimate of drug-likeness (QED) is 0.600. The van der Waals surface area contributed by atoms with Gasteiger partial charge in [-0.05, 0) is 24.3 Å². The molecule has 0 aliphatic carbocycles. The molecule has 4 heteroatoms. The van der Waals surface area contributed by atoms with Gasteiger partial charge >= 0.3 is 0 Å². The number of ketones is 1. The second-order valence-electron chi connectivity index (χ2n) is 3.53. The van der Waals surface area contributed by atoms with Crippen molar-refractivity contribution in [2.75, 3.05) is 6.61 Å². The molecule has 0 bridgehead atoms. The highest BCUT2D eigenvalue weighted by atomic mass is 16.5. The molecule has 0 fully saturated rings. The van der Waals surface area contributed by atoms with Gasteiger partial charge in [-0.2, -0.15) is 0 Å². The molecule has 0 saturated heterocycles. The second-order valence-corrected chi connectivity index (χ2v) is 3.53. The third kappa shape index (κ3) is 4.13. The molecule has 0 amide bonds. The summed E-state index contributed by atoms with van der Waals surface area (Å²) >= 11 is 0. The number of rotatable bonds is 6. The SMILES string of the molecule is CCC(=O)c1ccc(OCCC(N)=C=O)cc1. The maximum Gasteiger partial charge on any atom is 0.162 e. The maximum atomic E-state index is 11.4. The smallest absolute Gasteiger partial charge is 0.162 e. The second kappa shape index (κ2) is 6.51. The van der Waals surface area contributed by atoms with E-state index in [9.17, 15) is 9.59 Å². The van der Waals surface area contributed by atoms with Gasteiger partial charge in [0, 0.05) is 18.4 Å². The first kappa shape index (κ1) is 13.0. The van der Waals surface area contributed by atoms with E-state index in [2.05, 4.69) is 0 Å². The molecule has 0 atom stereocenters. The lowest BCUT2D eigenvalue weighted by Crippen LogP contribution is -2.05. The summed E-state index contributed by atoms with van der Waals surface area (Å²) in [5.41, 5.74) is 6.10. The molecule has 17 heavy (non-hydrogen) atoms. The molecule has 1 rings (SSSR count). The Hall–Kier alpha value is -2.06. The molecule has 0 spiro atoms. The number of hydrogen-bond acceptors (Lipinski definition) is 4. The average molecular weight is 233 g/mol. The highest BCUT2D eigenvalue weighted by Crippen LogP contribution is 2.13. The van der Waals surface area contributed by atoms with E-state index in [1.54, 1.807) is 30.2 Å². The van der Waals surface area contributed by atoms with Crippen LogP contribution in [-0.4, -0.2) is 18.3 Å². The maximum absolute atomic E-state index is 11.4. The van der Waals surface area contributed by atoms with Crippen molar-refractivity contribution in [2.24, 2.45) is 5.73 Å². The highest BCUT2D eigenvalue weighted by molar-refractivity contribution is 5.95. The zero-order valence-corrected chi connectivity index (χ0v) is 9.73. The first-order valence-electron chi connectivity index (χ1n) is 5.43. The van der Waals surface area contributed by atoms with E-state index in [1.807, 2.05) is 6.92 Å². The van der Waals surface area contributed by atoms with Gasteiger partial charge in [-0.25, -0.2) is 4.79 Å². The standard InChI is InChI=1S/C13H15NO3/c1-2-13(16)10-3-5-12(6-4-10)17-8-7-11(14)9-15/h3-6H,2,7-8,14H2,1H3. The normalized spacial score (nSPS) is 9.47. The average Bonchev–Trinajstić information content (AvgIpc) is 2.38. The van der Waals surface area contributed by atoms with Crippen molar-refractivity contribution >= 4 is 11.7 Å². The van der Waals surface area contributed by atoms with E-state index in [0.717, 1.165) is 0 Å². The summed E-state index contributed by atoms with van der Waals surface area (Å²) in [5.74, 6) is 2.35. The Bertz CT molecular complexity index is 430. The van der Waals surface area contributed by atoms with Crippen molar-refractivity contribution in [3.05, 3.63) is 35.5 Å². The molecule has 2 N–H and O–H groups in total. The van der Waals surface area contributed by atoms with Crippen LogP contribution in [0.4, 0.5) is 0 Å². The molecule has 0 aromatic heterocycles. The zero-order chi connectivity index (χ0) is 12.7. The summed E-state index contributed by atoms with van der Waals surface area (Å²) in [5, 5.41) is 0. The molecule has 4 nitrogen and oxygen atoms in total. The summed E-state index contributed by atoms with van der Waals surface area (Å²) < 4.78 is 5.36. The molecule has 90 valence electrons. The van der Waals surface area contributed by atoms with Crippen molar-refractivity contribution in [1.82, 2.24) is 0 Å². The molecular weight excluding hydrogens is 218 g/mol. The van der Waals surface area contributed by atoms with Crippen LogP contribution in [-0.2, 0) is 4.79 Å². The fourth-order valence-electron chi connectivity index (χ4n) is 1.27. The summed E-state index contributed by atoms with van der Waals surface area (Å²) in [6.45, 7) is 2.14. The van der Waals surface area contributed by atoms with Crippen LogP contribution in [0.25, 0.3) is 0 Å². The molecule has 0 aliphatic heterocycles. The molecule has 1 aromatic rings. The van der Waals surface area contributed by atoms with E-state index >= 15 is 0 Å². The Balaban J connectivity index is 2.51. The summed E-state index contributed by atoms with van der Waals surface area (Å²) in [6.07, 6.45) is 0.833. The largest absolute Gasteiger partial charge is 0.493 e. The minimum absolute atomic E-state index is 0.102. The third-order valence-electron chi connectivity index (χ3n) is 2.27. The van der Waals surface area contributed by atoms with Gasteiger partial charge in [0.05, 0.1) is 12.3 Å². The van der Waals surface area contributed by atoms with Crippen molar-refractivity contribution in [2.45, 2.75) is 19.8 Å². The van der Waals surface area contributed by atoms with Crippen LogP contribution >= 0.6 is 0 Å². The Morgan fingerprint density at radius 1 is 1.35 bits per heavy atom. The van der Waals surface area contributed by atoms with Gasteiger partial charge in [0.2, 0.25) is 0 Å². The third-order valence-corrected chi connectivity index (χ3v) is 2.27. The van der Waals surface area contributed by atoms with Crippen molar-refractivity contribution in [3.8, 4) is 5.75 Å². The van der Waals surface area contributed by atoms with Crippen LogP contribution < -0.4 is 10.5 Å². The van der Waals surface area contributed by atoms with Crippen molar-refractivity contribution < 1.29 is 14.3 Å².